The van der Waals surface area contributed by atoms with Gasteiger partial charge in [-0.3, -0.25) is 4.79 Å². The van der Waals surface area contributed by atoms with Crippen LogP contribution in [0.25, 0.3) is 17.3 Å². The van der Waals surface area contributed by atoms with Gasteiger partial charge in [0.2, 0.25) is 5.91 Å². The minimum Gasteiger partial charge on any atom is -0.508 e. The number of hydrogen-bond donors (Lipinski definition) is 2. The van der Waals surface area contributed by atoms with E-state index in [4.69, 9.17) is 11.6 Å². The lowest BCUT2D eigenvalue weighted by Crippen LogP contribution is -2.16. The summed E-state index contributed by atoms with van der Waals surface area (Å²) in [5.74, 6) is 0.410. The Morgan fingerprint density at radius 3 is 2.43 bits per heavy atom. The zero-order valence-electron chi connectivity index (χ0n) is 15.6. The Hall–Kier alpha value is -3.18. The van der Waals surface area contributed by atoms with E-state index in [2.05, 4.69) is 15.3 Å². The molecule has 0 aliphatic carbocycles. The van der Waals surface area contributed by atoms with Crippen LogP contribution in [0.15, 0.2) is 60.3 Å². The molecule has 0 radical (unpaired) electrons. The Labute approximate surface area is 168 Å². The highest BCUT2D eigenvalue weighted by Crippen LogP contribution is 2.23. The van der Waals surface area contributed by atoms with Crippen molar-refractivity contribution in [1.29, 1.82) is 0 Å². The molecule has 142 valence electrons. The first-order chi connectivity index (χ1) is 13.4. The first-order valence-corrected chi connectivity index (χ1v) is 9.14. The van der Waals surface area contributed by atoms with Gasteiger partial charge in [0.05, 0.1) is 18.3 Å². The molecule has 1 heterocycles. The van der Waals surface area contributed by atoms with Gasteiger partial charge in [-0.15, -0.1) is 0 Å². The van der Waals surface area contributed by atoms with Crippen LogP contribution in [0.4, 0.5) is 5.82 Å². The first kappa shape index (κ1) is 19.6. The molecule has 3 aromatic rings. The van der Waals surface area contributed by atoms with Gasteiger partial charge in [0.25, 0.3) is 0 Å². The van der Waals surface area contributed by atoms with Crippen molar-refractivity contribution in [3.63, 3.8) is 0 Å². The van der Waals surface area contributed by atoms with E-state index in [0.717, 1.165) is 16.7 Å². The number of aromatic nitrogens is 2. The molecule has 6 heteroatoms. The smallest absolute Gasteiger partial charge is 0.230 e. The quantitative estimate of drug-likeness (QED) is 0.631. The Kier molecular flexibility index (Phi) is 6.06. The Bertz CT molecular complexity index is 1010. The third kappa shape index (κ3) is 5.18. The fraction of sp³-hybridized carbons (Fsp3) is 0.136. The summed E-state index contributed by atoms with van der Waals surface area (Å²) in [4.78, 5) is 21.5. The second kappa shape index (κ2) is 8.67. The van der Waals surface area contributed by atoms with Crippen molar-refractivity contribution in [2.24, 2.45) is 0 Å². The number of phenols is 1. The number of nitrogens with zero attached hydrogens (tertiary/aromatic N) is 2. The lowest BCUT2D eigenvalue weighted by Gasteiger charge is -2.10. The van der Waals surface area contributed by atoms with Crippen LogP contribution >= 0.6 is 11.6 Å². The van der Waals surface area contributed by atoms with Crippen LogP contribution in [0.1, 0.15) is 25.1 Å². The van der Waals surface area contributed by atoms with Crippen molar-refractivity contribution in [1.82, 2.24) is 9.97 Å². The normalized spacial score (nSPS) is 10.4. The third-order valence-corrected chi connectivity index (χ3v) is 4.18. The lowest BCUT2D eigenvalue weighted by molar-refractivity contribution is -0.115. The van der Waals surface area contributed by atoms with Gasteiger partial charge >= 0.3 is 0 Å². The Morgan fingerprint density at radius 2 is 1.79 bits per heavy atom. The zero-order chi connectivity index (χ0) is 20.1. The van der Waals surface area contributed by atoms with E-state index in [9.17, 15) is 9.90 Å². The summed E-state index contributed by atoms with van der Waals surface area (Å²) in [5, 5.41) is 12.9. The average Bonchev–Trinajstić information content (AvgIpc) is 2.65. The van der Waals surface area contributed by atoms with Crippen LogP contribution < -0.4 is 5.32 Å². The summed E-state index contributed by atoms with van der Waals surface area (Å²) in [7, 11) is 0. The Balaban J connectivity index is 1.85. The van der Waals surface area contributed by atoms with Crippen LogP contribution in [0.2, 0.25) is 5.02 Å². The van der Waals surface area contributed by atoms with Crippen molar-refractivity contribution in [3.05, 3.63) is 76.6 Å². The van der Waals surface area contributed by atoms with Gasteiger partial charge in [-0.1, -0.05) is 29.3 Å². The molecule has 0 atom stereocenters. The molecule has 0 aliphatic heterocycles. The molecule has 5 nitrogen and oxygen atoms in total. The van der Waals surface area contributed by atoms with Crippen LogP contribution in [-0.4, -0.2) is 21.0 Å². The number of anilines is 1. The topological polar surface area (TPSA) is 75.1 Å². The SMILES string of the molecule is CC(C)=Cc1nc(-c2ccc(O)cc2)cnc1NC(=O)Cc1ccc(Cl)cc1. The largest absolute Gasteiger partial charge is 0.508 e. The van der Waals surface area contributed by atoms with Crippen molar-refractivity contribution >= 4 is 29.4 Å². The highest BCUT2D eigenvalue weighted by molar-refractivity contribution is 6.30. The molecule has 3 rings (SSSR count). The van der Waals surface area contributed by atoms with Crippen LogP contribution in [0.5, 0.6) is 5.75 Å². The number of aromatic hydroxyl groups is 1. The number of carbonyl (C=O) groups excluding carboxylic acids is 1. The minimum absolute atomic E-state index is 0.183. The van der Waals surface area contributed by atoms with Crippen LogP contribution in [-0.2, 0) is 11.2 Å². The first-order valence-electron chi connectivity index (χ1n) is 8.76. The summed E-state index contributed by atoms with van der Waals surface area (Å²) in [6, 6.07) is 13.9. The average molecular weight is 394 g/mol. The van der Waals surface area contributed by atoms with Gasteiger partial charge in [-0.05, 0) is 61.9 Å². The predicted molar refractivity (Wildman–Crippen MR) is 112 cm³/mol. The van der Waals surface area contributed by atoms with E-state index in [1.807, 2.05) is 32.1 Å². The molecule has 2 N–H and O–H groups in total. The number of allylic oxidation sites excluding steroid dienone is 1. The van der Waals surface area contributed by atoms with Crippen molar-refractivity contribution in [2.45, 2.75) is 20.3 Å². The number of amides is 1. The fourth-order valence-corrected chi connectivity index (χ4v) is 2.73. The van der Waals surface area contributed by atoms with Crippen molar-refractivity contribution in [3.8, 4) is 17.0 Å². The van der Waals surface area contributed by atoms with E-state index in [0.29, 0.717) is 22.2 Å². The molecule has 1 aromatic heterocycles. The second-order valence-electron chi connectivity index (χ2n) is 6.61. The van der Waals surface area contributed by atoms with Crippen LogP contribution in [0, 0.1) is 0 Å². The molecule has 0 saturated heterocycles. The van der Waals surface area contributed by atoms with Crippen LogP contribution in [0.3, 0.4) is 0 Å². The maximum absolute atomic E-state index is 12.4. The summed E-state index contributed by atoms with van der Waals surface area (Å²) in [6.07, 6.45) is 3.69. The van der Waals surface area contributed by atoms with Crippen molar-refractivity contribution in [2.75, 3.05) is 5.32 Å². The molecule has 0 aliphatic rings. The molecule has 0 unspecified atom stereocenters. The highest BCUT2D eigenvalue weighted by atomic mass is 35.5. The van der Waals surface area contributed by atoms with E-state index >= 15 is 0 Å². The highest BCUT2D eigenvalue weighted by Gasteiger charge is 2.11. The van der Waals surface area contributed by atoms with Crippen molar-refractivity contribution < 1.29 is 9.90 Å². The summed E-state index contributed by atoms with van der Waals surface area (Å²) in [5.41, 5.74) is 3.95. The van der Waals surface area contributed by atoms with Gasteiger partial charge in [-0.25, -0.2) is 9.97 Å². The number of nitrogens with one attached hydrogen (secondary N) is 1. The monoisotopic (exact) mass is 393 g/mol. The molecule has 0 spiro atoms. The molecule has 0 saturated carbocycles. The number of carbonyl (C=O) groups is 1. The van der Waals surface area contributed by atoms with Gasteiger partial charge < -0.3 is 10.4 Å². The molecular weight excluding hydrogens is 374 g/mol. The zero-order valence-corrected chi connectivity index (χ0v) is 16.4. The molecule has 28 heavy (non-hydrogen) atoms. The molecular formula is C22H20ClN3O2. The second-order valence-corrected chi connectivity index (χ2v) is 7.05. The lowest BCUT2D eigenvalue weighted by atomic mass is 10.1. The van der Waals surface area contributed by atoms with Gasteiger partial charge in [0, 0.05) is 10.6 Å². The van der Waals surface area contributed by atoms with Gasteiger partial charge in [-0.2, -0.15) is 0 Å². The number of hydrogen-bond acceptors (Lipinski definition) is 4. The predicted octanol–water partition coefficient (Wildman–Crippen LogP) is 5.11. The third-order valence-electron chi connectivity index (χ3n) is 3.92. The molecule has 0 fully saturated rings. The Morgan fingerprint density at radius 1 is 1.11 bits per heavy atom. The number of phenolic OH excluding ortho intramolecular Hbond substituents is 1. The number of halogens is 1. The fourth-order valence-electron chi connectivity index (χ4n) is 2.61. The van der Waals surface area contributed by atoms with Gasteiger partial charge in [0.15, 0.2) is 5.82 Å². The molecule has 2 aromatic carbocycles. The summed E-state index contributed by atoms with van der Waals surface area (Å²) in [6.45, 7) is 3.91. The van der Waals surface area contributed by atoms with E-state index in [1.165, 1.54) is 0 Å². The number of benzene rings is 2. The van der Waals surface area contributed by atoms with E-state index in [1.54, 1.807) is 42.6 Å². The van der Waals surface area contributed by atoms with Gasteiger partial charge in [0.1, 0.15) is 11.4 Å². The minimum atomic E-state index is -0.183. The summed E-state index contributed by atoms with van der Waals surface area (Å²) >= 11 is 5.88. The summed E-state index contributed by atoms with van der Waals surface area (Å²) < 4.78 is 0. The molecule has 1 amide bonds. The molecule has 0 bridgehead atoms. The number of rotatable bonds is 5. The van der Waals surface area contributed by atoms with E-state index < -0.39 is 0 Å². The maximum Gasteiger partial charge on any atom is 0.230 e. The standard InChI is InChI=1S/C22H20ClN3O2/c1-14(2)11-19-22(26-21(28)12-15-3-7-17(23)8-4-15)24-13-20(25-19)16-5-9-18(27)10-6-16/h3-11,13,27H,12H2,1-2H3,(H,24,26,28). The van der Waals surface area contributed by atoms with E-state index in [-0.39, 0.29) is 18.1 Å². The maximum atomic E-state index is 12.4.